The van der Waals surface area contributed by atoms with E-state index in [1.54, 1.807) is 0 Å². The first-order chi connectivity index (χ1) is 9.85. The Bertz CT molecular complexity index is 784. The van der Waals surface area contributed by atoms with E-state index < -0.39 is 16.6 Å². The third-order valence-corrected chi connectivity index (χ3v) is 5.35. The fraction of sp³-hybridized carbons (Fsp3) is 0.0833. The zero-order valence-corrected chi connectivity index (χ0v) is 14.3. The molecule has 0 atom stereocenters. The SMILES string of the molecule is O=S(=O)(Nc1ccncc1Br)c1cc(Cl)cc(CO)c1Cl. The molecule has 112 valence electrons. The zero-order chi connectivity index (χ0) is 15.6. The van der Waals surface area contributed by atoms with Crippen molar-refractivity contribution in [1.29, 1.82) is 0 Å². The molecule has 0 saturated carbocycles. The van der Waals surface area contributed by atoms with Crippen LogP contribution in [-0.4, -0.2) is 18.5 Å². The molecule has 0 aliphatic carbocycles. The molecule has 0 amide bonds. The van der Waals surface area contributed by atoms with Crippen molar-refractivity contribution in [3.63, 3.8) is 0 Å². The van der Waals surface area contributed by atoms with Crippen molar-refractivity contribution >= 4 is 54.8 Å². The molecule has 0 fully saturated rings. The standard InChI is InChI=1S/C12H9BrCl2N2O3S/c13-9-5-16-2-1-10(9)17-21(19,20)11-4-8(14)3-7(6-18)12(11)15/h1-5,18H,6H2,(H,16,17). The number of anilines is 1. The van der Waals surface area contributed by atoms with Gasteiger partial charge in [-0.15, -0.1) is 0 Å². The largest absolute Gasteiger partial charge is 0.392 e. The van der Waals surface area contributed by atoms with Crippen molar-refractivity contribution < 1.29 is 13.5 Å². The summed E-state index contributed by atoms with van der Waals surface area (Å²) in [6.45, 7) is -0.416. The Morgan fingerprint density at radius 2 is 2.05 bits per heavy atom. The van der Waals surface area contributed by atoms with Crippen molar-refractivity contribution in [2.45, 2.75) is 11.5 Å². The number of aromatic nitrogens is 1. The van der Waals surface area contributed by atoms with Crippen LogP contribution in [0.3, 0.4) is 0 Å². The van der Waals surface area contributed by atoms with Gasteiger partial charge in [0.2, 0.25) is 0 Å². The van der Waals surface area contributed by atoms with E-state index in [9.17, 15) is 13.5 Å². The molecule has 21 heavy (non-hydrogen) atoms. The third kappa shape index (κ3) is 3.67. The Balaban J connectivity index is 2.50. The average molecular weight is 412 g/mol. The van der Waals surface area contributed by atoms with Crippen LogP contribution in [0.25, 0.3) is 0 Å². The molecule has 0 saturated heterocycles. The molecule has 1 aromatic heterocycles. The Hall–Kier alpha value is -0.860. The molecule has 0 bridgehead atoms. The Morgan fingerprint density at radius 1 is 1.33 bits per heavy atom. The van der Waals surface area contributed by atoms with Crippen LogP contribution < -0.4 is 4.72 Å². The van der Waals surface area contributed by atoms with Gasteiger partial charge in [-0.3, -0.25) is 9.71 Å². The predicted octanol–water partition coefficient (Wildman–Crippen LogP) is 3.44. The van der Waals surface area contributed by atoms with Crippen LogP contribution in [0.5, 0.6) is 0 Å². The maximum absolute atomic E-state index is 12.4. The first kappa shape index (κ1) is 16.5. The zero-order valence-electron chi connectivity index (χ0n) is 10.3. The lowest BCUT2D eigenvalue weighted by atomic mass is 10.2. The van der Waals surface area contributed by atoms with Crippen LogP contribution in [0.4, 0.5) is 5.69 Å². The summed E-state index contributed by atoms with van der Waals surface area (Å²) in [7, 11) is -3.96. The van der Waals surface area contributed by atoms with E-state index >= 15 is 0 Å². The van der Waals surface area contributed by atoms with Crippen LogP contribution in [0.15, 0.2) is 40.0 Å². The molecule has 2 rings (SSSR count). The van der Waals surface area contributed by atoms with Gasteiger partial charge in [0, 0.05) is 17.4 Å². The third-order valence-electron chi connectivity index (χ3n) is 2.56. The van der Waals surface area contributed by atoms with E-state index in [1.165, 1.54) is 30.6 Å². The molecule has 2 aromatic rings. The fourth-order valence-corrected chi connectivity index (χ4v) is 4.07. The van der Waals surface area contributed by atoms with Gasteiger partial charge in [-0.2, -0.15) is 0 Å². The van der Waals surface area contributed by atoms with Crippen molar-refractivity contribution in [2.75, 3.05) is 4.72 Å². The number of aliphatic hydroxyl groups excluding tert-OH is 1. The number of rotatable bonds is 4. The normalized spacial score (nSPS) is 11.4. The van der Waals surface area contributed by atoms with Gasteiger partial charge in [0.05, 0.1) is 21.8 Å². The first-order valence-corrected chi connectivity index (χ1v) is 8.59. The highest BCUT2D eigenvalue weighted by Crippen LogP contribution is 2.32. The number of nitrogens with zero attached hydrogens (tertiary/aromatic N) is 1. The van der Waals surface area contributed by atoms with Gasteiger partial charge >= 0.3 is 0 Å². The Labute approximate surface area is 140 Å². The quantitative estimate of drug-likeness (QED) is 0.807. The summed E-state index contributed by atoms with van der Waals surface area (Å²) in [6.07, 6.45) is 2.90. The highest BCUT2D eigenvalue weighted by molar-refractivity contribution is 9.10. The summed E-state index contributed by atoms with van der Waals surface area (Å²) >= 11 is 15.1. The van der Waals surface area contributed by atoms with Crippen LogP contribution in [0.2, 0.25) is 10.0 Å². The maximum atomic E-state index is 12.4. The summed E-state index contributed by atoms with van der Waals surface area (Å²) in [5.74, 6) is 0. The second-order valence-electron chi connectivity index (χ2n) is 4.00. The van der Waals surface area contributed by atoms with Gasteiger partial charge < -0.3 is 5.11 Å². The molecule has 0 spiro atoms. The minimum absolute atomic E-state index is 0.0698. The van der Waals surface area contributed by atoms with Gasteiger partial charge in [0.25, 0.3) is 10.0 Å². The van der Waals surface area contributed by atoms with Gasteiger partial charge in [-0.25, -0.2) is 8.42 Å². The first-order valence-electron chi connectivity index (χ1n) is 5.56. The van der Waals surface area contributed by atoms with E-state index in [-0.39, 0.29) is 20.5 Å². The minimum atomic E-state index is -3.96. The average Bonchev–Trinajstić information content (AvgIpc) is 2.43. The smallest absolute Gasteiger partial charge is 0.263 e. The van der Waals surface area contributed by atoms with Crippen molar-refractivity contribution in [3.8, 4) is 0 Å². The summed E-state index contributed by atoms with van der Waals surface area (Å²) in [5, 5.41) is 9.29. The number of pyridine rings is 1. The van der Waals surface area contributed by atoms with E-state index in [4.69, 9.17) is 23.2 Å². The fourth-order valence-electron chi connectivity index (χ4n) is 1.59. The Kier molecular flexibility index (Phi) is 5.11. The van der Waals surface area contributed by atoms with Crippen molar-refractivity contribution in [2.24, 2.45) is 0 Å². The molecule has 1 aromatic carbocycles. The highest BCUT2D eigenvalue weighted by atomic mass is 79.9. The lowest BCUT2D eigenvalue weighted by molar-refractivity contribution is 0.281. The van der Waals surface area contributed by atoms with Crippen LogP contribution >= 0.6 is 39.1 Å². The van der Waals surface area contributed by atoms with Crippen LogP contribution in [-0.2, 0) is 16.6 Å². The monoisotopic (exact) mass is 410 g/mol. The number of nitrogens with one attached hydrogen (secondary N) is 1. The van der Waals surface area contributed by atoms with Gasteiger partial charge in [0.1, 0.15) is 4.90 Å². The molecule has 0 aliphatic heterocycles. The second-order valence-corrected chi connectivity index (χ2v) is 7.32. The van der Waals surface area contributed by atoms with Gasteiger partial charge in [-0.1, -0.05) is 23.2 Å². The highest BCUT2D eigenvalue weighted by Gasteiger charge is 2.22. The minimum Gasteiger partial charge on any atom is -0.392 e. The van der Waals surface area contributed by atoms with Crippen LogP contribution in [0, 0.1) is 0 Å². The summed E-state index contributed by atoms with van der Waals surface area (Å²) < 4.78 is 27.7. The Morgan fingerprint density at radius 3 is 2.67 bits per heavy atom. The lowest BCUT2D eigenvalue weighted by Crippen LogP contribution is -2.14. The summed E-state index contributed by atoms with van der Waals surface area (Å²) in [4.78, 5) is 3.64. The van der Waals surface area contributed by atoms with E-state index in [0.717, 1.165) is 0 Å². The number of sulfonamides is 1. The second kappa shape index (κ2) is 6.50. The molecule has 0 aliphatic rings. The van der Waals surface area contributed by atoms with Crippen LogP contribution in [0.1, 0.15) is 5.56 Å². The topological polar surface area (TPSA) is 79.3 Å². The summed E-state index contributed by atoms with van der Waals surface area (Å²) in [6, 6.07) is 4.12. The maximum Gasteiger partial charge on any atom is 0.263 e. The van der Waals surface area contributed by atoms with E-state index in [1.807, 2.05) is 0 Å². The number of hydrogen-bond acceptors (Lipinski definition) is 4. The molecule has 2 N–H and O–H groups in total. The van der Waals surface area contributed by atoms with Gasteiger partial charge in [0.15, 0.2) is 0 Å². The van der Waals surface area contributed by atoms with Crippen molar-refractivity contribution in [1.82, 2.24) is 4.98 Å². The molecular weight excluding hydrogens is 403 g/mol. The predicted molar refractivity (Wildman–Crippen MR) is 85.1 cm³/mol. The van der Waals surface area contributed by atoms with E-state index in [0.29, 0.717) is 10.2 Å². The number of hydrogen-bond donors (Lipinski definition) is 2. The van der Waals surface area contributed by atoms with Gasteiger partial charge in [-0.05, 0) is 39.7 Å². The number of benzene rings is 1. The lowest BCUT2D eigenvalue weighted by Gasteiger charge is -2.12. The number of aliphatic hydroxyl groups is 1. The molecule has 1 heterocycles. The molecule has 5 nitrogen and oxygen atoms in total. The van der Waals surface area contributed by atoms with E-state index in [2.05, 4.69) is 25.6 Å². The molecule has 0 radical (unpaired) electrons. The molecule has 9 heteroatoms. The molecule has 0 unspecified atom stereocenters. The van der Waals surface area contributed by atoms with Crippen molar-refractivity contribution in [3.05, 3.63) is 50.7 Å². The molecular formula is C12H9BrCl2N2O3S. The summed E-state index contributed by atoms with van der Waals surface area (Å²) in [5.41, 5.74) is 0.546. The number of halogens is 3.